The summed E-state index contributed by atoms with van der Waals surface area (Å²) in [6.45, 7) is 2.76. The summed E-state index contributed by atoms with van der Waals surface area (Å²) in [7, 11) is 0. The van der Waals surface area contributed by atoms with Crippen LogP contribution in [0.4, 0.5) is 4.39 Å². The minimum atomic E-state index is -0.470. The second kappa shape index (κ2) is 8.15. The molecule has 1 aromatic carbocycles. The number of ether oxygens (including phenoxy) is 1. The van der Waals surface area contributed by atoms with Gasteiger partial charge in [-0.15, -0.1) is 0 Å². The molecule has 0 spiro atoms. The van der Waals surface area contributed by atoms with E-state index in [1.54, 1.807) is 18.6 Å². The first-order valence-corrected chi connectivity index (χ1v) is 10.7. The SMILES string of the molecule is Cc1c(-c2cnc3c(F)cc(-c4nc(Cl)ncc4Cl)cc3c2)ncn1C1CCCCO1. The fourth-order valence-corrected chi connectivity index (χ4v) is 4.29. The molecule has 9 heteroatoms. The topological polar surface area (TPSA) is 65.7 Å². The lowest BCUT2D eigenvalue weighted by Gasteiger charge is -2.24. The van der Waals surface area contributed by atoms with Crippen LogP contribution in [0.3, 0.4) is 0 Å². The highest BCUT2D eigenvalue weighted by atomic mass is 35.5. The molecule has 6 nitrogen and oxygen atoms in total. The number of hydrogen-bond acceptors (Lipinski definition) is 5. The fourth-order valence-electron chi connectivity index (χ4n) is 3.96. The monoisotopic (exact) mass is 457 g/mol. The number of fused-ring (bicyclic) bond motifs is 1. The number of hydrogen-bond donors (Lipinski definition) is 0. The first kappa shape index (κ1) is 20.3. The van der Waals surface area contributed by atoms with Gasteiger partial charge in [0.1, 0.15) is 17.6 Å². The number of pyridine rings is 1. The molecule has 31 heavy (non-hydrogen) atoms. The predicted octanol–water partition coefficient (Wildman–Crippen LogP) is 6.01. The third-order valence-corrected chi connectivity index (χ3v) is 5.96. The normalized spacial score (nSPS) is 16.7. The lowest BCUT2D eigenvalue weighted by molar-refractivity contribution is -0.0330. The van der Waals surface area contributed by atoms with Crippen molar-refractivity contribution in [3.8, 4) is 22.5 Å². The van der Waals surface area contributed by atoms with E-state index in [1.807, 2.05) is 13.0 Å². The summed E-state index contributed by atoms with van der Waals surface area (Å²) in [5.74, 6) is -0.470. The third kappa shape index (κ3) is 3.78. The van der Waals surface area contributed by atoms with Gasteiger partial charge in [-0.25, -0.2) is 19.3 Å². The number of aromatic nitrogens is 5. The molecule has 1 unspecified atom stereocenters. The highest BCUT2D eigenvalue weighted by molar-refractivity contribution is 6.33. The van der Waals surface area contributed by atoms with Crippen LogP contribution in [-0.2, 0) is 4.74 Å². The Hall–Kier alpha value is -2.61. The second-order valence-corrected chi connectivity index (χ2v) is 8.24. The van der Waals surface area contributed by atoms with Crippen molar-refractivity contribution < 1.29 is 9.13 Å². The molecule has 0 N–H and O–H groups in total. The summed E-state index contributed by atoms with van der Waals surface area (Å²) >= 11 is 12.1. The lowest BCUT2D eigenvalue weighted by atomic mass is 10.0. The van der Waals surface area contributed by atoms with Crippen LogP contribution in [0.1, 0.15) is 31.2 Å². The van der Waals surface area contributed by atoms with Crippen LogP contribution in [0.25, 0.3) is 33.4 Å². The zero-order valence-corrected chi connectivity index (χ0v) is 18.2. The summed E-state index contributed by atoms with van der Waals surface area (Å²) in [5, 5.41) is 0.938. The number of nitrogens with zero attached hydrogens (tertiary/aromatic N) is 5. The summed E-state index contributed by atoms with van der Waals surface area (Å²) < 4.78 is 22.7. The molecule has 158 valence electrons. The van der Waals surface area contributed by atoms with Crippen molar-refractivity contribution in [2.24, 2.45) is 0 Å². The third-order valence-electron chi connectivity index (χ3n) is 5.51. The van der Waals surface area contributed by atoms with Gasteiger partial charge in [0.05, 0.1) is 28.9 Å². The molecule has 0 amide bonds. The molecule has 1 fully saturated rings. The van der Waals surface area contributed by atoms with Crippen molar-refractivity contribution >= 4 is 34.1 Å². The summed E-state index contributed by atoms with van der Waals surface area (Å²) in [5.41, 5.74) is 3.69. The van der Waals surface area contributed by atoms with Gasteiger partial charge in [-0.3, -0.25) is 4.98 Å². The van der Waals surface area contributed by atoms with Crippen LogP contribution in [0, 0.1) is 12.7 Å². The van der Waals surface area contributed by atoms with Crippen molar-refractivity contribution in [2.45, 2.75) is 32.4 Å². The zero-order chi connectivity index (χ0) is 21.5. The van der Waals surface area contributed by atoms with Gasteiger partial charge in [-0.1, -0.05) is 11.6 Å². The van der Waals surface area contributed by atoms with Crippen LogP contribution >= 0.6 is 23.2 Å². The van der Waals surface area contributed by atoms with Crippen molar-refractivity contribution in [3.05, 3.63) is 58.7 Å². The molecule has 1 atom stereocenters. The Balaban J connectivity index is 1.59. The molecule has 0 aliphatic carbocycles. The van der Waals surface area contributed by atoms with E-state index in [4.69, 9.17) is 27.9 Å². The molecule has 1 saturated heterocycles. The molecule has 1 aliphatic heterocycles. The second-order valence-electron chi connectivity index (χ2n) is 7.50. The smallest absolute Gasteiger partial charge is 0.222 e. The standard InChI is InChI=1S/C22H18Cl2FN5O/c1-12-19(28-11-30(12)18-4-2-3-5-31-18)15-7-13-6-14(8-17(25)21(13)26-9-15)20-16(23)10-27-22(24)29-20/h6-11,18H,2-5H2,1H3. The first-order valence-electron chi connectivity index (χ1n) is 9.94. The maximum atomic E-state index is 14.8. The first-order chi connectivity index (χ1) is 15.0. The van der Waals surface area contributed by atoms with Gasteiger partial charge in [0.2, 0.25) is 5.28 Å². The van der Waals surface area contributed by atoms with E-state index in [0.717, 1.165) is 42.8 Å². The molecule has 0 radical (unpaired) electrons. The van der Waals surface area contributed by atoms with Crippen molar-refractivity contribution in [1.82, 2.24) is 24.5 Å². The maximum Gasteiger partial charge on any atom is 0.222 e. The Kier molecular flexibility index (Phi) is 5.33. The van der Waals surface area contributed by atoms with Gasteiger partial charge < -0.3 is 9.30 Å². The molecule has 4 heterocycles. The Morgan fingerprint density at radius 3 is 2.68 bits per heavy atom. The van der Waals surface area contributed by atoms with Gasteiger partial charge in [-0.05, 0) is 56.0 Å². The molecule has 1 aliphatic rings. The van der Waals surface area contributed by atoms with E-state index in [-0.39, 0.29) is 22.1 Å². The van der Waals surface area contributed by atoms with E-state index >= 15 is 0 Å². The van der Waals surface area contributed by atoms with Crippen molar-refractivity contribution in [2.75, 3.05) is 6.61 Å². The number of benzene rings is 1. The largest absolute Gasteiger partial charge is 0.358 e. The number of halogens is 3. The van der Waals surface area contributed by atoms with Gasteiger partial charge in [0, 0.05) is 35.0 Å². The molecule has 4 aromatic rings. The highest BCUT2D eigenvalue weighted by Gasteiger charge is 2.20. The van der Waals surface area contributed by atoms with Crippen LogP contribution in [-0.4, -0.2) is 31.1 Å². The van der Waals surface area contributed by atoms with E-state index in [0.29, 0.717) is 16.6 Å². The zero-order valence-electron chi connectivity index (χ0n) is 16.6. The van der Waals surface area contributed by atoms with Crippen LogP contribution in [0.5, 0.6) is 0 Å². The van der Waals surface area contributed by atoms with Crippen molar-refractivity contribution in [1.29, 1.82) is 0 Å². The van der Waals surface area contributed by atoms with Crippen LogP contribution in [0.15, 0.2) is 36.9 Å². The van der Waals surface area contributed by atoms with E-state index in [9.17, 15) is 4.39 Å². The summed E-state index contributed by atoms with van der Waals surface area (Å²) in [6.07, 6.45) is 8.01. The van der Waals surface area contributed by atoms with Gasteiger partial charge in [0.25, 0.3) is 0 Å². The quantitative estimate of drug-likeness (QED) is 0.352. The Labute approximate surface area is 188 Å². The Morgan fingerprint density at radius 2 is 1.87 bits per heavy atom. The molecular formula is C22H18Cl2FN5O. The number of rotatable bonds is 3. The number of imidazole rings is 1. The lowest BCUT2D eigenvalue weighted by Crippen LogP contribution is -2.18. The van der Waals surface area contributed by atoms with Crippen LogP contribution < -0.4 is 0 Å². The summed E-state index contributed by atoms with van der Waals surface area (Å²) in [6, 6.07) is 5.00. The van der Waals surface area contributed by atoms with E-state index in [1.165, 1.54) is 12.3 Å². The fraction of sp³-hybridized carbons (Fsp3) is 0.273. The van der Waals surface area contributed by atoms with Gasteiger partial charge >= 0.3 is 0 Å². The Morgan fingerprint density at radius 1 is 1.03 bits per heavy atom. The minimum Gasteiger partial charge on any atom is -0.358 e. The maximum absolute atomic E-state index is 14.8. The predicted molar refractivity (Wildman–Crippen MR) is 118 cm³/mol. The average Bonchev–Trinajstić information content (AvgIpc) is 3.17. The average molecular weight is 458 g/mol. The molecule has 3 aromatic heterocycles. The highest BCUT2D eigenvalue weighted by Crippen LogP contribution is 2.33. The molecule has 0 saturated carbocycles. The molecule has 5 rings (SSSR count). The summed E-state index contributed by atoms with van der Waals surface area (Å²) in [4.78, 5) is 16.9. The van der Waals surface area contributed by atoms with Crippen LogP contribution in [0.2, 0.25) is 10.3 Å². The Bertz CT molecular complexity index is 1290. The van der Waals surface area contributed by atoms with E-state index in [2.05, 4.69) is 24.5 Å². The van der Waals surface area contributed by atoms with Crippen molar-refractivity contribution in [3.63, 3.8) is 0 Å². The molecular weight excluding hydrogens is 440 g/mol. The minimum absolute atomic E-state index is 0.00267. The molecule has 0 bridgehead atoms. The van der Waals surface area contributed by atoms with Gasteiger partial charge in [-0.2, -0.15) is 0 Å². The van der Waals surface area contributed by atoms with Gasteiger partial charge in [0.15, 0.2) is 0 Å². The van der Waals surface area contributed by atoms with E-state index < -0.39 is 5.82 Å².